The third-order valence-corrected chi connectivity index (χ3v) is 5.43. The van der Waals surface area contributed by atoms with Crippen molar-refractivity contribution >= 4 is 28.3 Å². The monoisotopic (exact) mass is 268 g/mol. The molecule has 4 nitrogen and oxygen atoms in total. The minimum Gasteiger partial charge on any atom is -0.299 e. The van der Waals surface area contributed by atoms with E-state index >= 15 is 0 Å². The molecule has 2 fully saturated rings. The Labute approximate surface area is 102 Å². The number of carbonyl (C=O) groups excluding carboxylic acids is 1. The van der Waals surface area contributed by atoms with Crippen molar-refractivity contribution in [3.8, 4) is 0 Å². The maximum atomic E-state index is 11.9. The molecule has 2 rings (SSSR count). The van der Waals surface area contributed by atoms with Crippen molar-refractivity contribution in [2.75, 3.05) is 5.75 Å². The lowest BCUT2D eigenvalue weighted by Gasteiger charge is -2.35. The molecule has 6 heteroatoms. The number of rotatable bonds is 2. The Bertz CT molecular complexity index is 415. The fourth-order valence-electron chi connectivity index (χ4n) is 3.42. The second-order valence-electron chi connectivity index (χ2n) is 5.39. The molecule has 0 aromatic rings. The van der Waals surface area contributed by atoms with Crippen molar-refractivity contribution in [1.29, 1.82) is 0 Å². The van der Waals surface area contributed by atoms with Gasteiger partial charge in [0.15, 0.2) is 0 Å². The van der Waals surface area contributed by atoms with E-state index in [0.717, 1.165) is 6.42 Å². The topological polar surface area (TPSA) is 71.4 Å². The summed E-state index contributed by atoms with van der Waals surface area (Å²) in [7, 11) is -4.08. The van der Waals surface area contributed by atoms with Crippen LogP contribution >= 0.6 is 12.4 Å². The van der Waals surface area contributed by atoms with Gasteiger partial charge in [0, 0.05) is 6.42 Å². The Hall–Kier alpha value is -0.130. The van der Waals surface area contributed by atoms with Crippen LogP contribution in [0.15, 0.2) is 0 Å². The van der Waals surface area contributed by atoms with Gasteiger partial charge >= 0.3 is 0 Å². The van der Waals surface area contributed by atoms with Crippen LogP contribution in [0.1, 0.15) is 33.1 Å². The number of Topliss-reactive ketones (excluding diaryl/α,β-unsaturated/α-hetero) is 1. The highest BCUT2D eigenvalue weighted by Gasteiger charge is 2.65. The Balaban J connectivity index is 0.00000128. The molecule has 0 heterocycles. The molecule has 2 atom stereocenters. The summed E-state index contributed by atoms with van der Waals surface area (Å²) in [6.45, 7) is 3.89. The van der Waals surface area contributed by atoms with Crippen LogP contribution in [0.3, 0.4) is 0 Å². The Morgan fingerprint density at radius 3 is 2.31 bits per heavy atom. The van der Waals surface area contributed by atoms with Crippen molar-refractivity contribution in [3.05, 3.63) is 0 Å². The van der Waals surface area contributed by atoms with Crippen LogP contribution in [-0.4, -0.2) is 24.5 Å². The third-order valence-electron chi connectivity index (χ3n) is 4.57. The molecule has 94 valence electrons. The average molecular weight is 269 g/mol. The van der Waals surface area contributed by atoms with E-state index in [-0.39, 0.29) is 29.5 Å². The second-order valence-corrected chi connectivity index (χ2v) is 6.85. The summed E-state index contributed by atoms with van der Waals surface area (Å²) in [6, 6.07) is 0. The van der Waals surface area contributed by atoms with E-state index in [1.807, 2.05) is 13.8 Å². The predicted molar refractivity (Wildman–Crippen MR) is 62.2 cm³/mol. The van der Waals surface area contributed by atoms with Crippen LogP contribution in [0.4, 0.5) is 0 Å². The molecular weight excluding hydrogens is 252 g/mol. The minimum atomic E-state index is -4.08. The standard InChI is InChI=1S/C10H16O4S.ClH/c1-9(2)7-3-4-10(9,8(11)5-7)6-15(12,13)14;/h7H,3-6H2,1-2H3,(H,12,13,14);1H. The van der Waals surface area contributed by atoms with Crippen LogP contribution in [0.25, 0.3) is 0 Å². The van der Waals surface area contributed by atoms with Gasteiger partial charge in [-0.05, 0) is 24.2 Å². The van der Waals surface area contributed by atoms with Crippen LogP contribution in [-0.2, 0) is 14.9 Å². The maximum Gasteiger partial charge on any atom is 0.265 e. The third kappa shape index (κ3) is 1.69. The van der Waals surface area contributed by atoms with E-state index in [4.69, 9.17) is 4.55 Å². The van der Waals surface area contributed by atoms with Gasteiger partial charge < -0.3 is 0 Å². The SMILES string of the molecule is CC1(C)C2CCC1(CS(=O)(=O)O)C(=O)C2.Cl. The molecule has 1 N–H and O–H groups in total. The molecule has 2 aliphatic carbocycles. The first-order chi connectivity index (χ1) is 6.69. The highest BCUT2D eigenvalue weighted by molar-refractivity contribution is 7.85. The molecule has 2 bridgehead atoms. The number of fused-ring (bicyclic) bond motifs is 2. The first-order valence-corrected chi connectivity index (χ1v) is 6.78. The molecule has 0 radical (unpaired) electrons. The first-order valence-electron chi connectivity index (χ1n) is 5.17. The van der Waals surface area contributed by atoms with Gasteiger partial charge in [-0.25, -0.2) is 0 Å². The zero-order chi connectivity index (χ0) is 11.5. The lowest BCUT2D eigenvalue weighted by atomic mass is 9.70. The Kier molecular flexibility index (Phi) is 3.21. The highest BCUT2D eigenvalue weighted by atomic mass is 35.5. The van der Waals surface area contributed by atoms with Crippen molar-refractivity contribution in [3.63, 3.8) is 0 Å². The largest absolute Gasteiger partial charge is 0.299 e. The molecule has 2 unspecified atom stereocenters. The molecule has 2 aliphatic rings. The van der Waals surface area contributed by atoms with Crippen LogP contribution in [0, 0.1) is 16.7 Å². The zero-order valence-corrected chi connectivity index (χ0v) is 11.0. The summed E-state index contributed by atoms with van der Waals surface area (Å²) in [5, 5.41) is 0. The van der Waals surface area contributed by atoms with Gasteiger partial charge in [-0.2, -0.15) is 8.42 Å². The van der Waals surface area contributed by atoms with Crippen molar-refractivity contribution < 1.29 is 17.8 Å². The first kappa shape index (κ1) is 13.9. The van der Waals surface area contributed by atoms with Gasteiger partial charge in [0.05, 0.1) is 11.2 Å². The molecule has 0 spiro atoms. The number of ketones is 1. The van der Waals surface area contributed by atoms with Crippen molar-refractivity contribution in [1.82, 2.24) is 0 Å². The lowest BCUT2D eigenvalue weighted by Crippen LogP contribution is -2.42. The Morgan fingerprint density at radius 2 is 2.00 bits per heavy atom. The summed E-state index contributed by atoms with van der Waals surface area (Å²) in [4.78, 5) is 11.9. The van der Waals surface area contributed by atoms with Crippen molar-refractivity contribution in [2.24, 2.45) is 16.7 Å². The second kappa shape index (κ2) is 3.68. The number of hydrogen-bond acceptors (Lipinski definition) is 3. The fourth-order valence-corrected chi connectivity index (χ4v) is 4.72. The summed E-state index contributed by atoms with van der Waals surface area (Å²) >= 11 is 0. The van der Waals surface area contributed by atoms with Gasteiger partial charge in [-0.3, -0.25) is 9.35 Å². The Morgan fingerprint density at radius 1 is 1.44 bits per heavy atom. The van der Waals surface area contributed by atoms with Gasteiger partial charge in [0.2, 0.25) is 0 Å². The van der Waals surface area contributed by atoms with Crippen molar-refractivity contribution in [2.45, 2.75) is 33.1 Å². The zero-order valence-electron chi connectivity index (χ0n) is 9.39. The number of hydrogen-bond donors (Lipinski definition) is 1. The predicted octanol–water partition coefficient (Wildman–Crippen LogP) is 1.69. The molecular formula is C10H17ClO4S. The van der Waals surface area contributed by atoms with Gasteiger partial charge in [-0.15, -0.1) is 12.4 Å². The molecule has 0 aromatic carbocycles. The van der Waals surface area contributed by atoms with Gasteiger partial charge in [-0.1, -0.05) is 13.8 Å². The van der Waals surface area contributed by atoms with Gasteiger partial charge in [0.1, 0.15) is 5.78 Å². The van der Waals surface area contributed by atoms with Crippen LogP contribution in [0.2, 0.25) is 0 Å². The van der Waals surface area contributed by atoms with E-state index < -0.39 is 21.3 Å². The number of carbonyl (C=O) groups is 1. The van der Waals surface area contributed by atoms with E-state index in [1.165, 1.54) is 0 Å². The lowest BCUT2D eigenvalue weighted by molar-refractivity contribution is -0.128. The summed E-state index contributed by atoms with van der Waals surface area (Å²) in [5.41, 5.74) is -1.12. The normalized spacial score (nSPS) is 36.2. The number of halogens is 1. The van der Waals surface area contributed by atoms with E-state index in [2.05, 4.69) is 0 Å². The van der Waals surface area contributed by atoms with E-state index in [1.54, 1.807) is 0 Å². The van der Waals surface area contributed by atoms with E-state index in [9.17, 15) is 13.2 Å². The molecule has 0 aliphatic heterocycles. The average Bonchev–Trinajstić information content (AvgIpc) is 2.34. The molecule has 2 saturated carbocycles. The maximum absolute atomic E-state index is 11.9. The summed E-state index contributed by atoms with van der Waals surface area (Å²) in [5.74, 6) is -0.101. The molecule has 0 aromatic heterocycles. The summed E-state index contributed by atoms with van der Waals surface area (Å²) < 4.78 is 31.0. The molecule has 0 saturated heterocycles. The van der Waals surface area contributed by atoms with Crippen LogP contribution in [0.5, 0.6) is 0 Å². The highest BCUT2D eigenvalue weighted by Crippen LogP contribution is 2.64. The minimum absolute atomic E-state index is 0. The molecule has 0 amide bonds. The molecule has 16 heavy (non-hydrogen) atoms. The fraction of sp³-hybridized carbons (Fsp3) is 0.900. The smallest absolute Gasteiger partial charge is 0.265 e. The quantitative estimate of drug-likeness (QED) is 0.774. The van der Waals surface area contributed by atoms with E-state index in [0.29, 0.717) is 12.8 Å². The van der Waals surface area contributed by atoms with Crippen LogP contribution < -0.4 is 0 Å². The summed E-state index contributed by atoms with van der Waals surface area (Å²) in [6.07, 6.45) is 1.97. The van der Waals surface area contributed by atoms with Gasteiger partial charge in [0.25, 0.3) is 10.1 Å².